The minimum atomic E-state index is -4.55. The lowest BCUT2D eigenvalue weighted by atomic mass is 10.3. The van der Waals surface area contributed by atoms with E-state index in [0.29, 0.717) is 19.6 Å². The number of hydrogen-bond acceptors (Lipinski definition) is 3. The molecule has 1 N–H and O–H groups in total. The first kappa shape index (κ1) is 17.0. The van der Waals surface area contributed by atoms with E-state index in [4.69, 9.17) is 4.74 Å². The van der Waals surface area contributed by atoms with Gasteiger partial charge in [-0.2, -0.15) is 18.3 Å². The average Bonchev–Trinajstić information content (AvgIpc) is 2.63. The van der Waals surface area contributed by atoms with Crippen molar-refractivity contribution < 1.29 is 22.7 Å². The third-order valence-electron chi connectivity index (χ3n) is 2.54. The fourth-order valence-electron chi connectivity index (χ4n) is 1.50. The molecule has 0 aliphatic carbocycles. The summed E-state index contributed by atoms with van der Waals surface area (Å²) in [5.41, 5.74) is -0.772. The number of ether oxygens (including phenoxy) is 1. The Labute approximate surface area is 122 Å². The van der Waals surface area contributed by atoms with Crippen molar-refractivity contribution in [1.82, 2.24) is 15.1 Å². The number of carbonyl (C=O) groups excluding carboxylic acids is 1. The first-order valence-corrected chi connectivity index (χ1v) is 6.62. The maximum Gasteiger partial charge on any atom is 0.436 e. The minimum absolute atomic E-state index is 0.141. The maximum atomic E-state index is 12.6. The van der Waals surface area contributed by atoms with Gasteiger partial charge in [0.2, 0.25) is 5.91 Å². The number of alkyl halides is 3. The maximum absolute atomic E-state index is 12.6. The van der Waals surface area contributed by atoms with Crippen molar-refractivity contribution in [3.63, 3.8) is 0 Å². The van der Waals surface area contributed by atoms with E-state index in [1.54, 1.807) is 7.11 Å². The molecule has 1 rings (SSSR count). The summed E-state index contributed by atoms with van der Waals surface area (Å²) < 4.78 is 43.6. The Hall–Kier alpha value is -1.09. The number of carbonyl (C=O) groups is 1. The van der Waals surface area contributed by atoms with Crippen LogP contribution < -0.4 is 5.32 Å². The smallest absolute Gasteiger partial charge is 0.385 e. The van der Waals surface area contributed by atoms with Crippen LogP contribution in [-0.2, 0) is 22.3 Å². The van der Waals surface area contributed by atoms with E-state index in [1.807, 2.05) is 0 Å². The molecule has 114 valence electrons. The zero-order chi connectivity index (χ0) is 15.3. The molecule has 0 unspecified atom stereocenters. The standard InChI is InChI=1S/C11H15BrF3N3O2/c1-7-9(12)10(11(13,14)15)17-18(7)6-8(19)16-4-3-5-20-2/h3-6H2,1-2H3,(H,16,19). The SMILES string of the molecule is COCCCNC(=O)Cn1nc(C(F)(F)F)c(Br)c1C. The van der Waals surface area contributed by atoms with Crippen LogP contribution in [0.1, 0.15) is 17.8 Å². The molecular weight excluding hydrogens is 343 g/mol. The molecular formula is C11H15BrF3N3O2. The van der Waals surface area contributed by atoms with Crippen molar-refractivity contribution in [2.75, 3.05) is 20.3 Å². The summed E-state index contributed by atoms with van der Waals surface area (Å²) >= 11 is 2.85. The van der Waals surface area contributed by atoms with Gasteiger partial charge in [0.05, 0.1) is 10.2 Å². The van der Waals surface area contributed by atoms with Crippen LogP contribution in [0.2, 0.25) is 0 Å². The van der Waals surface area contributed by atoms with Gasteiger partial charge in [-0.3, -0.25) is 9.48 Å². The molecule has 9 heteroatoms. The number of amides is 1. The van der Waals surface area contributed by atoms with Crippen molar-refractivity contribution in [2.45, 2.75) is 26.1 Å². The largest absolute Gasteiger partial charge is 0.436 e. The van der Waals surface area contributed by atoms with Gasteiger partial charge in [0.25, 0.3) is 0 Å². The Bertz CT molecular complexity index is 474. The van der Waals surface area contributed by atoms with Gasteiger partial charge < -0.3 is 10.1 Å². The van der Waals surface area contributed by atoms with Crippen molar-refractivity contribution in [1.29, 1.82) is 0 Å². The molecule has 0 bridgehead atoms. The Morgan fingerprint density at radius 1 is 1.50 bits per heavy atom. The molecule has 0 aliphatic rings. The highest BCUT2D eigenvalue weighted by atomic mass is 79.9. The van der Waals surface area contributed by atoms with E-state index in [9.17, 15) is 18.0 Å². The van der Waals surface area contributed by atoms with Crippen LogP contribution in [0.15, 0.2) is 4.47 Å². The third kappa shape index (κ3) is 4.48. The highest BCUT2D eigenvalue weighted by Crippen LogP contribution is 2.35. The van der Waals surface area contributed by atoms with Crippen LogP contribution in [0, 0.1) is 6.92 Å². The van der Waals surface area contributed by atoms with Crippen molar-refractivity contribution in [3.8, 4) is 0 Å². The summed E-state index contributed by atoms with van der Waals surface area (Å²) in [4.78, 5) is 11.6. The molecule has 5 nitrogen and oxygen atoms in total. The number of nitrogens with one attached hydrogen (secondary N) is 1. The van der Waals surface area contributed by atoms with Gasteiger partial charge in [-0.1, -0.05) is 0 Å². The second-order valence-corrected chi connectivity index (χ2v) is 4.89. The molecule has 0 atom stereocenters. The molecule has 0 fully saturated rings. The highest BCUT2D eigenvalue weighted by molar-refractivity contribution is 9.10. The fraction of sp³-hybridized carbons (Fsp3) is 0.636. The van der Waals surface area contributed by atoms with Gasteiger partial charge >= 0.3 is 6.18 Å². The molecule has 20 heavy (non-hydrogen) atoms. The van der Waals surface area contributed by atoms with Gasteiger partial charge in [-0.15, -0.1) is 0 Å². The van der Waals surface area contributed by atoms with Gasteiger partial charge in [0, 0.05) is 20.3 Å². The lowest BCUT2D eigenvalue weighted by Gasteiger charge is -2.06. The van der Waals surface area contributed by atoms with Crippen LogP contribution in [0.3, 0.4) is 0 Å². The molecule has 1 aromatic heterocycles. The van der Waals surface area contributed by atoms with Crippen LogP contribution in [-0.4, -0.2) is 35.9 Å². The number of hydrogen-bond donors (Lipinski definition) is 1. The lowest BCUT2D eigenvalue weighted by Crippen LogP contribution is -2.29. The molecule has 0 radical (unpaired) electrons. The van der Waals surface area contributed by atoms with E-state index in [0.717, 1.165) is 4.68 Å². The number of nitrogens with zero attached hydrogens (tertiary/aromatic N) is 2. The number of methoxy groups -OCH3 is 1. The second kappa shape index (κ2) is 7.07. The van der Waals surface area contributed by atoms with E-state index in [1.165, 1.54) is 6.92 Å². The fourth-order valence-corrected chi connectivity index (χ4v) is 2.00. The molecule has 1 heterocycles. The first-order chi connectivity index (χ1) is 9.27. The summed E-state index contributed by atoms with van der Waals surface area (Å²) in [6.45, 7) is 2.11. The van der Waals surface area contributed by atoms with Crippen LogP contribution in [0.5, 0.6) is 0 Å². The Morgan fingerprint density at radius 2 is 2.15 bits per heavy atom. The van der Waals surface area contributed by atoms with Gasteiger partial charge in [-0.05, 0) is 29.3 Å². The molecule has 0 spiro atoms. The van der Waals surface area contributed by atoms with Crippen LogP contribution >= 0.6 is 15.9 Å². The number of rotatable bonds is 6. The molecule has 0 saturated carbocycles. The normalized spacial score (nSPS) is 11.7. The van der Waals surface area contributed by atoms with Crippen molar-refractivity contribution in [2.24, 2.45) is 0 Å². The Balaban J connectivity index is 2.67. The molecule has 1 aromatic rings. The monoisotopic (exact) mass is 357 g/mol. The van der Waals surface area contributed by atoms with Crippen molar-refractivity contribution in [3.05, 3.63) is 15.9 Å². The highest BCUT2D eigenvalue weighted by Gasteiger charge is 2.38. The predicted molar refractivity (Wildman–Crippen MR) is 69.2 cm³/mol. The second-order valence-electron chi connectivity index (χ2n) is 4.10. The topological polar surface area (TPSA) is 56.1 Å². The quantitative estimate of drug-likeness (QED) is 0.793. The van der Waals surface area contributed by atoms with Crippen molar-refractivity contribution >= 4 is 21.8 Å². The summed E-state index contributed by atoms with van der Waals surface area (Å²) in [6, 6.07) is 0. The van der Waals surface area contributed by atoms with E-state index < -0.39 is 17.8 Å². The Kier molecular flexibility index (Phi) is 6.00. The minimum Gasteiger partial charge on any atom is -0.385 e. The van der Waals surface area contributed by atoms with Gasteiger partial charge in [0.1, 0.15) is 6.54 Å². The summed E-state index contributed by atoms with van der Waals surface area (Å²) in [6.07, 6.45) is -3.92. The van der Waals surface area contributed by atoms with Crippen LogP contribution in [0.25, 0.3) is 0 Å². The summed E-state index contributed by atoms with van der Waals surface area (Å²) in [5.74, 6) is -0.395. The van der Waals surface area contributed by atoms with Gasteiger partial charge in [-0.25, -0.2) is 0 Å². The summed E-state index contributed by atoms with van der Waals surface area (Å²) in [7, 11) is 1.55. The number of aromatic nitrogens is 2. The molecule has 1 amide bonds. The molecule has 0 saturated heterocycles. The summed E-state index contributed by atoms with van der Waals surface area (Å²) in [5, 5.41) is 6.01. The Morgan fingerprint density at radius 3 is 2.65 bits per heavy atom. The van der Waals surface area contributed by atoms with E-state index >= 15 is 0 Å². The first-order valence-electron chi connectivity index (χ1n) is 5.83. The molecule has 0 aromatic carbocycles. The lowest BCUT2D eigenvalue weighted by molar-refractivity contribution is -0.142. The zero-order valence-corrected chi connectivity index (χ0v) is 12.6. The predicted octanol–water partition coefficient (Wildman–Crippen LogP) is 2.13. The molecule has 0 aliphatic heterocycles. The van der Waals surface area contributed by atoms with Crippen LogP contribution in [0.4, 0.5) is 13.2 Å². The van der Waals surface area contributed by atoms with E-state index in [-0.39, 0.29) is 16.7 Å². The zero-order valence-electron chi connectivity index (χ0n) is 11.1. The van der Waals surface area contributed by atoms with E-state index in [2.05, 4.69) is 26.3 Å². The third-order valence-corrected chi connectivity index (χ3v) is 3.49. The number of halogens is 4. The average molecular weight is 358 g/mol. The van der Waals surface area contributed by atoms with Gasteiger partial charge in [0.15, 0.2) is 5.69 Å².